The number of nitrogens with zero attached hydrogens (tertiary/aromatic N) is 2. The number of anilines is 6. The molecule has 2 aliphatic heterocycles. The van der Waals surface area contributed by atoms with Gasteiger partial charge >= 0.3 is 0 Å². The maximum absolute atomic E-state index is 7.54. The lowest BCUT2D eigenvalue weighted by Gasteiger charge is -2.36. The normalized spacial score (nSPS) is 15.1. The topological polar surface area (TPSA) is 32.8 Å². The summed E-state index contributed by atoms with van der Waals surface area (Å²) in [7, 11) is -4.17. The van der Waals surface area contributed by atoms with Gasteiger partial charge in [0.1, 0.15) is 27.3 Å². The molecule has 23 rings (SSSR count). The van der Waals surface area contributed by atoms with Gasteiger partial charge in [0, 0.05) is 44.0 Å². The average molecular weight is 1480 g/mol. The van der Waals surface area contributed by atoms with Crippen molar-refractivity contribution in [1.29, 1.82) is 0 Å². The molecule has 6 heteroatoms. The van der Waals surface area contributed by atoms with E-state index in [1.165, 1.54) is 161 Å². The quantitative estimate of drug-likeness (QED) is 0.114. The molecule has 0 radical (unpaired) electrons. The summed E-state index contributed by atoms with van der Waals surface area (Å²) in [5, 5.41) is 17.6. The van der Waals surface area contributed by atoms with E-state index in [4.69, 9.17) is 8.83 Å². The highest BCUT2D eigenvalue weighted by Gasteiger charge is 2.53. The third kappa shape index (κ3) is 10.1. The van der Waals surface area contributed by atoms with E-state index in [2.05, 4.69) is 374 Å². The summed E-state index contributed by atoms with van der Waals surface area (Å²) >= 11 is 0. The molecule has 4 aliphatic rings. The molecule has 1 spiro atoms. The summed E-state index contributed by atoms with van der Waals surface area (Å²) in [6, 6.07) is 144. The minimum Gasteiger partial charge on any atom is -0.454 e. The Kier molecular flexibility index (Phi) is 15.3. The molecule has 0 bridgehead atoms. The smallest absolute Gasteiger partial charge is 0.160 e. The molecule has 4 nitrogen and oxygen atoms in total. The predicted octanol–water partition coefficient (Wildman–Crippen LogP) is 27.1. The van der Waals surface area contributed by atoms with Crippen LogP contribution in [0.1, 0.15) is 60.8 Å². The van der Waals surface area contributed by atoms with Crippen LogP contribution in [0, 0.1) is 0 Å². The number of hydrogen-bond acceptors (Lipinski definition) is 4. The molecule has 4 heterocycles. The van der Waals surface area contributed by atoms with Crippen LogP contribution in [0.5, 0.6) is 0 Å². The van der Waals surface area contributed by atoms with Gasteiger partial charge in [-0.3, -0.25) is 0 Å². The van der Waals surface area contributed by atoms with Crippen LogP contribution in [-0.4, -0.2) is 16.1 Å². The standard InChI is InChI=1S/C107H80N2O2Si2/c1-5-35-80(36-6-1)112(61-23-3-24-62-112)82-39-27-33-75(67-82)84-57-59-97(105-103(84)91-45-17-21-49-100(91)110-105)108(77-53-51-71-29-9-11-31-73(71)65-77)79-55-56-90-95(69-79)107(93-47-19-15-41-86(93)87-42-16-20-48-94(87)107)96-70-99(88-43-13-14-44-89(88)102(90)96)109(78-54-52-72-30-10-12-32-74(72)66-78)98-60-58-85(104-92-46-18-22-50-101(92)111-106(98)104)76-34-28-40-83(68-76)113(63-25-4-26-64-113)81-37-7-2-8-38-81/h1-2,5-22,27-60,65-70H,3-4,23-26,61-64H2. The van der Waals surface area contributed by atoms with Crippen molar-refractivity contribution in [2.45, 2.75) is 68.1 Å². The van der Waals surface area contributed by atoms with E-state index in [-0.39, 0.29) is 0 Å². The van der Waals surface area contributed by atoms with Gasteiger partial charge in [-0.25, -0.2) is 0 Å². The Balaban J connectivity index is 0.760. The second kappa shape index (κ2) is 26.1. The van der Waals surface area contributed by atoms with Crippen molar-refractivity contribution in [3.63, 3.8) is 0 Å². The zero-order chi connectivity index (χ0) is 74.4. The van der Waals surface area contributed by atoms with Crippen molar-refractivity contribution in [3.05, 3.63) is 386 Å². The van der Waals surface area contributed by atoms with E-state index in [1.54, 1.807) is 10.4 Å². The van der Waals surface area contributed by atoms with E-state index >= 15 is 0 Å². The van der Waals surface area contributed by atoms with Gasteiger partial charge in [0.2, 0.25) is 0 Å². The van der Waals surface area contributed by atoms with Crippen LogP contribution >= 0.6 is 0 Å². The molecule has 19 aromatic rings. The van der Waals surface area contributed by atoms with Crippen LogP contribution in [0.25, 0.3) is 121 Å². The lowest BCUT2D eigenvalue weighted by atomic mass is 9.70. The van der Waals surface area contributed by atoms with Gasteiger partial charge in [0.15, 0.2) is 11.2 Å². The summed E-state index contributed by atoms with van der Waals surface area (Å²) in [6.45, 7) is 0. The molecule has 2 aliphatic carbocycles. The van der Waals surface area contributed by atoms with Crippen LogP contribution < -0.4 is 30.5 Å². The first kappa shape index (κ1) is 66.0. The van der Waals surface area contributed by atoms with E-state index in [0.717, 1.165) is 88.8 Å². The zero-order valence-electron chi connectivity index (χ0n) is 62.9. The highest BCUT2D eigenvalue weighted by Crippen LogP contribution is 2.66. The van der Waals surface area contributed by atoms with Crippen molar-refractivity contribution in [1.82, 2.24) is 0 Å². The van der Waals surface area contributed by atoms with Gasteiger partial charge in [-0.05, 0) is 185 Å². The number of fused-ring (bicyclic) bond motifs is 20. The fraction of sp³-hybridized carbons (Fsp3) is 0.103. The number of furan rings is 2. The molecule has 0 unspecified atom stereocenters. The zero-order valence-corrected chi connectivity index (χ0v) is 64.9. The molecule has 0 N–H and O–H groups in total. The third-order valence-electron chi connectivity index (χ3n) is 26.5. The molecular weight excluding hydrogens is 1400 g/mol. The summed E-state index contributed by atoms with van der Waals surface area (Å²) in [6.07, 6.45) is 7.69. The number of hydrogen-bond donors (Lipinski definition) is 0. The summed E-state index contributed by atoms with van der Waals surface area (Å²) in [5.41, 5.74) is 23.5. The van der Waals surface area contributed by atoms with Crippen LogP contribution in [0.2, 0.25) is 24.2 Å². The first-order valence-corrected chi connectivity index (χ1v) is 45.5. The number of benzene rings is 17. The Morgan fingerprint density at radius 2 is 0.664 bits per heavy atom. The predicted molar refractivity (Wildman–Crippen MR) is 480 cm³/mol. The first-order valence-electron chi connectivity index (χ1n) is 40.7. The Labute approximate surface area is 660 Å². The van der Waals surface area contributed by atoms with E-state index in [0.29, 0.717) is 0 Å². The van der Waals surface area contributed by atoms with Crippen molar-refractivity contribution in [2.24, 2.45) is 0 Å². The van der Waals surface area contributed by atoms with Gasteiger partial charge in [-0.2, -0.15) is 0 Å². The Bertz CT molecular complexity index is 7020. The van der Waals surface area contributed by atoms with Gasteiger partial charge < -0.3 is 18.6 Å². The van der Waals surface area contributed by atoms with Crippen LogP contribution in [0.3, 0.4) is 0 Å². The number of para-hydroxylation sites is 2. The summed E-state index contributed by atoms with van der Waals surface area (Å²) in [4.78, 5) is 5.05. The fourth-order valence-corrected chi connectivity index (χ4v) is 31.7. The Morgan fingerprint density at radius 1 is 0.248 bits per heavy atom. The monoisotopic (exact) mass is 1480 g/mol. The van der Waals surface area contributed by atoms with Gasteiger partial charge in [-0.15, -0.1) is 0 Å². The van der Waals surface area contributed by atoms with Crippen molar-refractivity contribution < 1.29 is 8.83 Å². The molecule has 0 amide bonds. The van der Waals surface area contributed by atoms with Crippen LogP contribution in [-0.2, 0) is 5.41 Å². The van der Waals surface area contributed by atoms with Crippen LogP contribution in [0.15, 0.2) is 373 Å². The minimum absolute atomic E-state index is 0.804. The lowest BCUT2D eigenvalue weighted by Crippen LogP contribution is -2.59. The molecule has 2 aromatic heterocycles. The molecule has 17 aromatic carbocycles. The Morgan fingerprint density at radius 3 is 1.20 bits per heavy atom. The van der Waals surface area contributed by atoms with Gasteiger partial charge in [-0.1, -0.05) is 357 Å². The van der Waals surface area contributed by atoms with Gasteiger partial charge in [0.05, 0.1) is 22.5 Å². The molecule has 2 fully saturated rings. The third-order valence-corrected chi connectivity index (χ3v) is 37.1. The second-order valence-electron chi connectivity index (χ2n) is 32.2. The van der Waals surface area contributed by atoms with E-state index in [9.17, 15) is 0 Å². The Hall–Kier alpha value is -12.8. The largest absolute Gasteiger partial charge is 0.454 e. The van der Waals surface area contributed by atoms with Crippen molar-refractivity contribution >= 4 is 147 Å². The van der Waals surface area contributed by atoms with E-state index < -0.39 is 21.6 Å². The summed E-state index contributed by atoms with van der Waals surface area (Å²) in [5.74, 6) is 0. The SMILES string of the molecule is c1ccc([Si]2(c3cccc(-c4ccc(N(c5ccc6c(c5)C5(c7ccccc7-c7ccccc75)c5cc(N(c7ccc8ccccc8c7)c7ccc(-c8cccc([Si]9(c%10ccccc%10)CCCCC9)c8)c8c7oc7ccccc78)c7ccccc7c5-6)c5ccc6ccccc6c5)c5oc6ccccc6c45)c3)CCCCC2)cc1. The minimum atomic E-state index is -2.09. The lowest BCUT2D eigenvalue weighted by molar-refractivity contribution is 0.669. The average Bonchev–Trinajstić information content (AvgIpc) is 1.50. The maximum Gasteiger partial charge on any atom is 0.160 e. The molecule has 0 atom stereocenters. The fourth-order valence-electron chi connectivity index (χ4n) is 21.5. The van der Waals surface area contributed by atoms with Gasteiger partial charge in [0.25, 0.3) is 0 Å². The van der Waals surface area contributed by atoms with Crippen molar-refractivity contribution in [2.75, 3.05) is 9.80 Å². The second-order valence-corrected chi connectivity index (χ2v) is 40.9. The van der Waals surface area contributed by atoms with Crippen LogP contribution in [0.4, 0.5) is 34.1 Å². The molecular formula is C107H80N2O2Si2. The number of rotatable bonds is 12. The molecule has 2 saturated heterocycles. The molecule has 0 saturated carbocycles. The van der Waals surface area contributed by atoms with E-state index in [1.807, 2.05) is 0 Å². The van der Waals surface area contributed by atoms with Crippen molar-refractivity contribution in [3.8, 4) is 44.5 Å². The molecule has 113 heavy (non-hydrogen) atoms. The highest BCUT2D eigenvalue weighted by atomic mass is 28.3. The highest BCUT2D eigenvalue weighted by molar-refractivity contribution is 7.03. The maximum atomic E-state index is 7.54. The summed E-state index contributed by atoms with van der Waals surface area (Å²) < 4.78 is 15.0. The first-order chi connectivity index (χ1) is 56.0. The molecule has 538 valence electrons.